The lowest BCUT2D eigenvalue weighted by molar-refractivity contribution is 1.28. The molecule has 1 nitrogen and oxygen atoms in total. The smallest absolute Gasteiger partial charge is 0.280 e. The first-order valence-electron chi connectivity index (χ1n) is 12.8. The van der Waals surface area contributed by atoms with Gasteiger partial charge in [0.1, 0.15) is 0 Å². The van der Waals surface area contributed by atoms with Crippen LogP contribution >= 0.6 is 22.2 Å². The van der Waals surface area contributed by atoms with Crippen LogP contribution in [-0.4, -0.2) is 6.69 Å². The summed E-state index contributed by atoms with van der Waals surface area (Å²) in [4.78, 5) is 2.25. The molecule has 0 atom stereocenters. The molecule has 0 aromatic heterocycles. The second-order valence-electron chi connectivity index (χ2n) is 9.16. The molecule has 188 valence electrons. The minimum absolute atomic E-state index is 0.779. The molecule has 38 heavy (non-hydrogen) atoms. The van der Waals surface area contributed by atoms with E-state index >= 15 is 0 Å². The van der Waals surface area contributed by atoms with E-state index in [1.165, 1.54) is 16.7 Å². The van der Waals surface area contributed by atoms with Crippen molar-refractivity contribution in [3.05, 3.63) is 156 Å². The third kappa shape index (κ3) is 5.94. The van der Waals surface area contributed by atoms with Crippen LogP contribution in [0.15, 0.2) is 140 Å². The normalized spacial score (nSPS) is 11.1. The number of rotatable bonds is 8. The summed E-state index contributed by atoms with van der Waals surface area (Å²) in [6, 6.07) is 49.3. The summed E-state index contributed by atoms with van der Waals surface area (Å²) in [7, 11) is 0. The Morgan fingerprint density at radius 2 is 1.00 bits per heavy atom. The van der Waals surface area contributed by atoms with E-state index in [4.69, 9.17) is 22.2 Å². The van der Waals surface area contributed by atoms with Crippen LogP contribution in [0.3, 0.4) is 0 Å². The van der Waals surface area contributed by atoms with Crippen molar-refractivity contribution >= 4 is 62.7 Å². The number of nitrogens with zero attached hydrogens (tertiary/aromatic N) is 1. The molecule has 4 heteroatoms. The van der Waals surface area contributed by atoms with Gasteiger partial charge in [-0.2, -0.15) is 0 Å². The van der Waals surface area contributed by atoms with Crippen molar-refractivity contribution in [3.63, 3.8) is 0 Å². The van der Waals surface area contributed by atoms with Crippen molar-refractivity contribution < 1.29 is 0 Å². The molecule has 0 fully saturated rings. The molecule has 0 spiro atoms. The molecule has 5 aromatic rings. The van der Waals surface area contributed by atoms with Crippen LogP contribution in [0, 0.1) is 0 Å². The van der Waals surface area contributed by atoms with Gasteiger partial charge < -0.3 is 4.90 Å². The monoisotopic (exact) mass is 549 g/mol. The van der Waals surface area contributed by atoms with Crippen LogP contribution in [0.25, 0.3) is 11.6 Å². The van der Waals surface area contributed by atoms with Gasteiger partial charge in [0.15, 0.2) is 0 Å². The van der Waals surface area contributed by atoms with Gasteiger partial charge in [-0.15, -0.1) is 22.2 Å². The Morgan fingerprint density at radius 1 is 0.579 bits per heavy atom. The fourth-order valence-electron chi connectivity index (χ4n) is 4.54. The van der Waals surface area contributed by atoms with Gasteiger partial charge in [-0.25, -0.2) is 0 Å². The zero-order valence-corrected chi connectivity index (χ0v) is 23.8. The maximum absolute atomic E-state index is 6.64. The Kier molecular flexibility index (Phi) is 8.14. The van der Waals surface area contributed by atoms with Crippen molar-refractivity contribution in [1.29, 1.82) is 0 Å². The summed E-state index contributed by atoms with van der Waals surface area (Å²) in [5, 5.41) is 1.04. The molecule has 0 bridgehead atoms. The Labute approximate surface area is 236 Å². The molecule has 0 amide bonds. The first-order chi connectivity index (χ1) is 18.5. The summed E-state index contributed by atoms with van der Waals surface area (Å²) >= 11 is 13.3. The highest BCUT2D eigenvalue weighted by Gasteiger charge is 2.28. The summed E-state index contributed by atoms with van der Waals surface area (Å²) < 4.78 is 0. The van der Waals surface area contributed by atoms with Crippen LogP contribution in [0.4, 0.5) is 17.1 Å². The van der Waals surface area contributed by atoms with E-state index in [0.29, 0.717) is 0 Å². The van der Waals surface area contributed by atoms with Crippen molar-refractivity contribution in [2.45, 2.75) is 13.0 Å². The topological polar surface area (TPSA) is 3.24 Å². The summed E-state index contributed by atoms with van der Waals surface area (Å²) in [5.41, 5.74) is 7.96. The van der Waals surface area contributed by atoms with Crippen LogP contribution in [0.5, 0.6) is 0 Å². The van der Waals surface area contributed by atoms with Gasteiger partial charge in [0.2, 0.25) is 0 Å². The quantitative estimate of drug-likeness (QED) is 0.106. The predicted octanol–water partition coefficient (Wildman–Crippen LogP) is 9.89. The number of para-hydroxylation sites is 1. The molecular weight excluding hydrogens is 521 g/mol. The number of halogens is 2. The van der Waals surface area contributed by atoms with Crippen molar-refractivity contribution in [3.8, 4) is 0 Å². The van der Waals surface area contributed by atoms with E-state index in [-0.39, 0.29) is 0 Å². The van der Waals surface area contributed by atoms with Gasteiger partial charge in [0, 0.05) is 17.1 Å². The number of anilines is 3. The van der Waals surface area contributed by atoms with E-state index in [1.54, 1.807) is 0 Å². The SMILES string of the molecule is CC[Si](Cl)(Cl)c1ccc(N(c2ccccc2)c2ccc(C=C(c3ccccc3)c3ccccc3)cc2)cc1. The van der Waals surface area contributed by atoms with Gasteiger partial charge in [-0.3, -0.25) is 0 Å². The molecule has 0 N–H and O–H groups in total. The Morgan fingerprint density at radius 3 is 1.47 bits per heavy atom. The first kappa shape index (κ1) is 26.1. The lowest BCUT2D eigenvalue weighted by Crippen LogP contribution is -2.35. The third-order valence-electron chi connectivity index (χ3n) is 6.64. The maximum atomic E-state index is 6.64. The minimum Gasteiger partial charge on any atom is -0.311 e. The second kappa shape index (κ2) is 11.9. The molecule has 0 heterocycles. The highest BCUT2D eigenvalue weighted by molar-refractivity contribution is 7.50. The largest absolute Gasteiger partial charge is 0.311 e. The van der Waals surface area contributed by atoms with Crippen LogP contribution in [-0.2, 0) is 0 Å². The van der Waals surface area contributed by atoms with Gasteiger partial charge >= 0.3 is 0 Å². The molecule has 0 aliphatic rings. The number of benzene rings is 5. The average molecular weight is 551 g/mol. The molecule has 0 saturated heterocycles. The van der Waals surface area contributed by atoms with Crippen molar-refractivity contribution in [2.24, 2.45) is 0 Å². The average Bonchev–Trinajstić information content (AvgIpc) is 2.98. The molecular formula is C34H29Cl2NSi. The van der Waals surface area contributed by atoms with Gasteiger partial charge in [0.25, 0.3) is 6.69 Å². The van der Waals surface area contributed by atoms with E-state index in [0.717, 1.165) is 33.9 Å². The maximum Gasteiger partial charge on any atom is 0.280 e. The molecule has 5 rings (SSSR count). The van der Waals surface area contributed by atoms with E-state index in [2.05, 4.69) is 144 Å². The molecule has 0 radical (unpaired) electrons. The Hall–Kier alpha value is -3.56. The van der Waals surface area contributed by atoms with E-state index < -0.39 is 6.69 Å². The van der Waals surface area contributed by atoms with Crippen molar-refractivity contribution in [2.75, 3.05) is 4.90 Å². The lowest BCUT2D eigenvalue weighted by atomic mass is 9.95. The zero-order valence-electron chi connectivity index (χ0n) is 21.3. The summed E-state index contributed by atoms with van der Waals surface area (Å²) in [5.74, 6) is 0. The third-order valence-corrected chi connectivity index (χ3v) is 11.6. The van der Waals surface area contributed by atoms with Gasteiger partial charge in [-0.1, -0.05) is 110 Å². The fourth-order valence-corrected chi connectivity index (χ4v) is 6.36. The Balaban J connectivity index is 1.53. The molecule has 0 aliphatic carbocycles. The summed E-state index contributed by atoms with van der Waals surface area (Å²) in [6.45, 7) is -0.380. The molecule has 0 saturated carbocycles. The lowest BCUT2D eigenvalue weighted by Gasteiger charge is -2.26. The van der Waals surface area contributed by atoms with Crippen LogP contribution in [0.1, 0.15) is 23.6 Å². The van der Waals surface area contributed by atoms with E-state index in [9.17, 15) is 0 Å². The van der Waals surface area contributed by atoms with Crippen LogP contribution < -0.4 is 10.1 Å². The van der Waals surface area contributed by atoms with E-state index in [1.807, 2.05) is 13.0 Å². The standard InChI is InChI=1S/C34H29Cl2NSi/c1-2-38(35,36)33-24-22-32(23-25-33)37(30-16-10-5-11-17-30)31-20-18-27(19-21-31)26-34(28-12-6-3-7-13-28)29-14-8-4-9-15-29/h3-26H,2H2,1H3. The zero-order chi connectivity index (χ0) is 26.4. The van der Waals surface area contributed by atoms with Gasteiger partial charge in [-0.05, 0) is 76.0 Å². The second-order valence-corrected chi connectivity index (χ2v) is 16.3. The fraction of sp³-hybridized carbons (Fsp3) is 0.0588. The number of hydrogen-bond donors (Lipinski definition) is 0. The number of hydrogen-bond acceptors (Lipinski definition) is 1. The Bertz CT molecular complexity index is 1440. The van der Waals surface area contributed by atoms with Gasteiger partial charge in [0.05, 0.1) is 0 Å². The first-order valence-corrected chi connectivity index (χ1v) is 17.0. The molecule has 0 aliphatic heterocycles. The summed E-state index contributed by atoms with van der Waals surface area (Å²) in [6.07, 6.45) is 2.26. The highest BCUT2D eigenvalue weighted by Crippen LogP contribution is 2.35. The highest BCUT2D eigenvalue weighted by atomic mass is 35.7. The van der Waals surface area contributed by atoms with Crippen LogP contribution in [0.2, 0.25) is 6.04 Å². The molecule has 0 unspecified atom stereocenters. The minimum atomic E-state index is -2.43. The predicted molar refractivity (Wildman–Crippen MR) is 169 cm³/mol. The molecule has 5 aromatic carbocycles. The van der Waals surface area contributed by atoms with Crippen molar-refractivity contribution in [1.82, 2.24) is 0 Å².